The Morgan fingerprint density at radius 1 is 1.17 bits per heavy atom. The molecule has 1 fully saturated rings. The molecule has 2 aromatic carbocycles. The molecule has 0 N–H and O–H groups in total. The molecule has 3 heterocycles. The molecule has 1 atom stereocenters. The first-order valence-corrected chi connectivity index (χ1v) is 10.5. The third-order valence-electron chi connectivity index (χ3n) is 5.47. The molecule has 148 valence electrons. The summed E-state index contributed by atoms with van der Waals surface area (Å²) in [5, 5.41) is 9.20. The first-order valence-electron chi connectivity index (χ1n) is 9.55. The predicted molar refractivity (Wildman–Crippen MR) is 113 cm³/mol. The molecule has 0 radical (unpaired) electrons. The van der Waals surface area contributed by atoms with Gasteiger partial charge in [-0.3, -0.25) is 9.59 Å². The topological polar surface area (TPSA) is 77.5 Å². The summed E-state index contributed by atoms with van der Waals surface area (Å²) in [5.41, 5.74) is 3.01. The van der Waals surface area contributed by atoms with Gasteiger partial charge in [-0.05, 0) is 35.9 Å². The lowest BCUT2D eigenvalue weighted by atomic mass is 10.1. The second-order valence-corrected chi connectivity index (χ2v) is 8.43. The summed E-state index contributed by atoms with van der Waals surface area (Å²) in [6, 6.07) is 20.3. The van der Waals surface area contributed by atoms with Gasteiger partial charge in [0.15, 0.2) is 10.6 Å². The summed E-state index contributed by atoms with van der Waals surface area (Å²) in [6.07, 6.45) is 1.46. The number of hydrogen-bond donors (Lipinski definition) is 0. The van der Waals surface area contributed by atoms with Crippen LogP contribution in [0.25, 0.3) is 0 Å². The van der Waals surface area contributed by atoms with Crippen molar-refractivity contribution in [1.29, 1.82) is 5.26 Å². The normalized spacial score (nSPS) is 19.9. The number of anilines is 1. The lowest BCUT2D eigenvalue weighted by Crippen LogP contribution is -2.50. The molecular formula is C23H17N3O3S. The Labute approximate surface area is 177 Å². The fraction of sp³-hybridized carbons (Fsp3) is 0.174. The van der Waals surface area contributed by atoms with Crippen molar-refractivity contribution in [1.82, 2.24) is 4.90 Å². The van der Waals surface area contributed by atoms with Crippen LogP contribution in [-0.2, 0) is 16.2 Å². The Morgan fingerprint density at radius 3 is 2.83 bits per heavy atom. The standard InChI is InChI=1S/C23H17N3O3S/c24-14-16-5-3-6-17(13-16)15-25-19-8-2-1-7-18(19)23(22(25)28)26(10-12-30-23)21(27)20-9-4-11-29-20/h1-9,11,13H,10,12,15H2/t23-/m0/s1. The number of nitrogens with zero attached hydrogens (tertiary/aromatic N) is 3. The summed E-state index contributed by atoms with van der Waals surface area (Å²) >= 11 is 1.48. The van der Waals surface area contributed by atoms with Crippen LogP contribution in [0.3, 0.4) is 0 Å². The zero-order valence-electron chi connectivity index (χ0n) is 15.9. The number of amides is 2. The number of thioether (sulfide) groups is 1. The van der Waals surface area contributed by atoms with Crippen molar-refractivity contribution in [2.24, 2.45) is 0 Å². The SMILES string of the molecule is N#Cc1cccc(CN2C(=O)[C@@]3(SCCN3C(=O)c3ccco3)c3ccccc32)c1. The molecule has 1 saturated heterocycles. The smallest absolute Gasteiger partial charge is 0.291 e. The van der Waals surface area contributed by atoms with Gasteiger partial charge in [-0.2, -0.15) is 5.26 Å². The van der Waals surface area contributed by atoms with E-state index in [1.54, 1.807) is 34.1 Å². The van der Waals surface area contributed by atoms with Crippen LogP contribution >= 0.6 is 11.8 Å². The van der Waals surface area contributed by atoms with Crippen molar-refractivity contribution in [2.45, 2.75) is 11.4 Å². The van der Waals surface area contributed by atoms with Crippen LogP contribution < -0.4 is 4.90 Å². The monoisotopic (exact) mass is 415 g/mol. The number of nitriles is 1. The Bertz CT molecular complexity index is 1180. The summed E-state index contributed by atoms with van der Waals surface area (Å²) in [6.45, 7) is 0.790. The quantitative estimate of drug-likeness (QED) is 0.651. The van der Waals surface area contributed by atoms with Crippen LogP contribution in [0.5, 0.6) is 0 Å². The molecule has 0 saturated carbocycles. The third-order valence-corrected chi connectivity index (χ3v) is 6.89. The Kier molecular flexibility index (Phi) is 4.37. The number of para-hydroxylation sites is 1. The van der Waals surface area contributed by atoms with Gasteiger partial charge in [0.05, 0.1) is 30.1 Å². The van der Waals surface area contributed by atoms with E-state index in [2.05, 4.69) is 6.07 Å². The minimum absolute atomic E-state index is 0.145. The van der Waals surface area contributed by atoms with Gasteiger partial charge >= 0.3 is 0 Å². The number of furan rings is 1. The van der Waals surface area contributed by atoms with E-state index >= 15 is 0 Å². The molecule has 0 aliphatic carbocycles. The molecule has 0 unspecified atom stereocenters. The van der Waals surface area contributed by atoms with Crippen molar-refractivity contribution < 1.29 is 14.0 Å². The highest BCUT2D eigenvalue weighted by Gasteiger charge is 2.59. The number of fused-ring (bicyclic) bond motifs is 2. The molecule has 30 heavy (non-hydrogen) atoms. The van der Waals surface area contributed by atoms with Crippen LogP contribution in [0.2, 0.25) is 0 Å². The minimum atomic E-state index is -1.10. The van der Waals surface area contributed by atoms with E-state index in [-0.39, 0.29) is 17.6 Å². The Morgan fingerprint density at radius 2 is 2.03 bits per heavy atom. The van der Waals surface area contributed by atoms with Gasteiger partial charge in [-0.25, -0.2) is 0 Å². The maximum Gasteiger partial charge on any atom is 0.291 e. The fourth-order valence-electron chi connectivity index (χ4n) is 4.18. The second-order valence-electron chi connectivity index (χ2n) is 7.15. The lowest BCUT2D eigenvalue weighted by Gasteiger charge is -2.32. The van der Waals surface area contributed by atoms with E-state index < -0.39 is 4.87 Å². The van der Waals surface area contributed by atoms with Crippen LogP contribution in [-0.4, -0.2) is 29.0 Å². The van der Waals surface area contributed by atoms with Gasteiger partial charge in [0.25, 0.3) is 11.8 Å². The van der Waals surface area contributed by atoms with Gasteiger partial charge in [-0.1, -0.05) is 30.3 Å². The van der Waals surface area contributed by atoms with E-state index in [0.717, 1.165) is 16.8 Å². The summed E-state index contributed by atoms with van der Waals surface area (Å²) in [7, 11) is 0. The fourth-order valence-corrected chi connectivity index (χ4v) is 5.64. The highest BCUT2D eigenvalue weighted by atomic mass is 32.2. The molecule has 1 aromatic heterocycles. The second kappa shape index (κ2) is 7.08. The van der Waals surface area contributed by atoms with Crippen LogP contribution in [0.1, 0.15) is 27.2 Å². The molecule has 7 heteroatoms. The van der Waals surface area contributed by atoms with E-state index in [1.165, 1.54) is 18.0 Å². The first kappa shape index (κ1) is 18.5. The number of hydrogen-bond acceptors (Lipinski definition) is 5. The van der Waals surface area contributed by atoms with E-state index in [4.69, 9.17) is 4.42 Å². The molecule has 0 bridgehead atoms. The van der Waals surface area contributed by atoms with Gasteiger partial charge in [0.1, 0.15) is 0 Å². The highest BCUT2D eigenvalue weighted by Crippen LogP contribution is 2.54. The van der Waals surface area contributed by atoms with Gasteiger partial charge in [0.2, 0.25) is 0 Å². The predicted octanol–water partition coefficient (Wildman–Crippen LogP) is 3.74. The molecular weight excluding hydrogens is 398 g/mol. The number of carbonyl (C=O) groups is 2. The third kappa shape index (κ3) is 2.65. The minimum Gasteiger partial charge on any atom is -0.459 e. The van der Waals surface area contributed by atoms with E-state index in [0.29, 0.717) is 24.4 Å². The van der Waals surface area contributed by atoms with Crippen molar-refractivity contribution in [3.63, 3.8) is 0 Å². The van der Waals surface area contributed by atoms with Crippen LogP contribution in [0, 0.1) is 11.3 Å². The van der Waals surface area contributed by atoms with Crippen LogP contribution in [0.15, 0.2) is 71.3 Å². The summed E-state index contributed by atoms with van der Waals surface area (Å²) in [5.74, 6) is 0.446. The zero-order valence-corrected chi connectivity index (χ0v) is 16.8. The molecule has 1 spiro atoms. The van der Waals surface area contributed by atoms with Crippen molar-refractivity contribution in [3.8, 4) is 6.07 Å². The zero-order chi connectivity index (χ0) is 20.7. The van der Waals surface area contributed by atoms with E-state index in [1.807, 2.05) is 36.4 Å². The molecule has 5 rings (SSSR count). The molecule has 6 nitrogen and oxygen atoms in total. The molecule has 2 amide bonds. The van der Waals surface area contributed by atoms with Gasteiger partial charge in [-0.15, -0.1) is 11.8 Å². The lowest BCUT2D eigenvalue weighted by molar-refractivity contribution is -0.123. The average Bonchev–Trinajstić information content (AvgIpc) is 3.51. The number of rotatable bonds is 3. The van der Waals surface area contributed by atoms with Gasteiger partial charge in [0, 0.05) is 17.9 Å². The van der Waals surface area contributed by atoms with Crippen molar-refractivity contribution in [2.75, 3.05) is 17.2 Å². The summed E-state index contributed by atoms with van der Waals surface area (Å²) in [4.78, 5) is 29.3. The molecule has 2 aliphatic rings. The van der Waals surface area contributed by atoms with Gasteiger partial charge < -0.3 is 14.2 Å². The number of benzene rings is 2. The average molecular weight is 415 g/mol. The molecule has 2 aliphatic heterocycles. The highest BCUT2D eigenvalue weighted by molar-refractivity contribution is 8.01. The maximum atomic E-state index is 13.8. The Balaban J connectivity index is 1.58. The number of carbonyl (C=O) groups excluding carboxylic acids is 2. The maximum absolute atomic E-state index is 13.8. The Hall–Kier alpha value is -3.50. The summed E-state index contributed by atoms with van der Waals surface area (Å²) < 4.78 is 5.33. The van der Waals surface area contributed by atoms with Crippen molar-refractivity contribution >= 4 is 29.3 Å². The van der Waals surface area contributed by atoms with Crippen molar-refractivity contribution in [3.05, 3.63) is 89.4 Å². The largest absolute Gasteiger partial charge is 0.459 e. The van der Waals surface area contributed by atoms with E-state index in [9.17, 15) is 14.9 Å². The molecule has 3 aromatic rings. The first-order chi connectivity index (χ1) is 14.6. The van der Waals surface area contributed by atoms with Crippen LogP contribution in [0.4, 0.5) is 5.69 Å².